The molecule has 1 aromatic heterocycles. The molecule has 0 unspecified atom stereocenters. The number of para-hydroxylation sites is 2. The molecule has 0 saturated carbocycles. The zero-order valence-corrected chi connectivity index (χ0v) is 12.9. The van der Waals surface area contributed by atoms with Gasteiger partial charge in [-0.3, -0.25) is 10.1 Å². The Morgan fingerprint density at radius 3 is 2.88 bits per heavy atom. The Morgan fingerprint density at radius 2 is 2.08 bits per heavy atom. The number of fused-ring (bicyclic) bond motifs is 3. The summed E-state index contributed by atoms with van der Waals surface area (Å²) < 4.78 is 7.21. The minimum absolute atomic E-state index is 0.340. The summed E-state index contributed by atoms with van der Waals surface area (Å²) in [6.07, 6.45) is 0. The van der Waals surface area contributed by atoms with E-state index in [0.717, 1.165) is 16.6 Å². The lowest BCUT2D eigenvalue weighted by Gasteiger charge is -2.30. The largest absolute Gasteiger partial charge is 0.497 e. The minimum atomic E-state index is -0.845. The highest BCUT2D eigenvalue weighted by molar-refractivity contribution is 5.97. The number of nitrogens with one attached hydrogen (secondary N) is 1. The van der Waals surface area contributed by atoms with Crippen LogP contribution < -0.4 is 10.1 Å². The molecule has 0 saturated heterocycles. The van der Waals surface area contributed by atoms with Crippen LogP contribution in [0, 0.1) is 17.2 Å². The first-order valence-corrected chi connectivity index (χ1v) is 7.54. The van der Waals surface area contributed by atoms with E-state index in [1.807, 2.05) is 53.1 Å². The van der Waals surface area contributed by atoms with Crippen molar-refractivity contribution in [2.24, 2.45) is 5.92 Å². The number of rotatable bonds is 2. The standard InChI is InChI=1S/C18H14N4O2/c1-24-12-6-4-5-11(9-12)16-13(10-19)17(23)21-18-20-14-7-2-3-8-15(14)22(16)18/h2-9,13,16H,1H3,(H,20,21,23)/t13-,16+/m1/s1. The Labute approximate surface area is 138 Å². The summed E-state index contributed by atoms with van der Waals surface area (Å²) in [6, 6.07) is 16.7. The Morgan fingerprint density at radius 1 is 1.25 bits per heavy atom. The van der Waals surface area contributed by atoms with Crippen LogP contribution in [-0.2, 0) is 4.79 Å². The number of carbonyl (C=O) groups is 1. The first-order valence-electron chi connectivity index (χ1n) is 7.54. The molecule has 0 fully saturated rings. The lowest BCUT2D eigenvalue weighted by molar-refractivity contribution is -0.119. The third-order valence-corrected chi connectivity index (χ3v) is 4.28. The van der Waals surface area contributed by atoms with Crippen molar-refractivity contribution in [3.63, 3.8) is 0 Å². The van der Waals surface area contributed by atoms with Crippen molar-refractivity contribution in [2.45, 2.75) is 6.04 Å². The number of amides is 1. The summed E-state index contributed by atoms with van der Waals surface area (Å²) in [5, 5.41) is 12.3. The maximum atomic E-state index is 12.4. The Kier molecular flexibility index (Phi) is 3.21. The second kappa shape index (κ2) is 5.39. The summed E-state index contributed by atoms with van der Waals surface area (Å²) in [6.45, 7) is 0. The molecule has 2 aromatic carbocycles. The van der Waals surface area contributed by atoms with Crippen molar-refractivity contribution in [1.82, 2.24) is 9.55 Å². The number of ether oxygens (including phenoxy) is 1. The van der Waals surface area contributed by atoms with Gasteiger partial charge in [0.15, 0.2) is 5.92 Å². The van der Waals surface area contributed by atoms with Gasteiger partial charge in [-0.15, -0.1) is 0 Å². The number of methoxy groups -OCH3 is 1. The second-order valence-electron chi connectivity index (χ2n) is 5.61. The molecule has 1 aliphatic heterocycles. The van der Waals surface area contributed by atoms with Gasteiger partial charge in [0.05, 0.1) is 30.3 Å². The van der Waals surface area contributed by atoms with E-state index in [0.29, 0.717) is 11.7 Å². The molecule has 0 radical (unpaired) electrons. The number of anilines is 1. The molecular formula is C18H14N4O2. The van der Waals surface area contributed by atoms with E-state index in [1.165, 1.54) is 0 Å². The maximum absolute atomic E-state index is 12.4. The molecule has 1 aliphatic rings. The highest BCUT2D eigenvalue weighted by Gasteiger charge is 2.38. The molecule has 1 amide bonds. The van der Waals surface area contributed by atoms with Crippen LogP contribution in [-0.4, -0.2) is 22.6 Å². The van der Waals surface area contributed by atoms with Crippen LogP contribution in [0.4, 0.5) is 5.95 Å². The first-order chi connectivity index (χ1) is 11.7. The van der Waals surface area contributed by atoms with Gasteiger partial charge in [-0.25, -0.2) is 4.98 Å². The molecule has 0 bridgehead atoms. The fraction of sp³-hybridized carbons (Fsp3) is 0.167. The number of nitriles is 1. The number of imidazole rings is 1. The van der Waals surface area contributed by atoms with E-state index in [-0.39, 0.29) is 5.91 Å². The number of hydrogen-bond acceptors (Lipinski definition) is 4. The smallest absolute Gasteiger partial charge is 0.246 e. The average Bonchev–Trinajstić information content (AvgIpc) is 2.98. The predicted octanol–water partition coefficient (Wildman–Crippen LogP) is 2.73. The fourth-order valence-electron chi connectivity index (χ4n) is 3.19. The third kappa shape index (κ3) is 2.02. The summed E-state index contributed by atoms with van der Waals surface area (Å²) in [7, 11) is 1.59. The zero-order chi connectivity index (χ0) is 16.7. The quantitative estimate of drug-likeness (QED) is 0.788. The molecule has 0 aliphatic carbocycles. The van der Waals surface area contributed by atoms with Gasteiger partial charge in [-0.05, 0) is 29.8 Å². The molecule has 6 heteroatoms. The highest BCUT2D eigenvalue weighted by atomic mass is 16.5. The van der Waals surface area contributed by atoms with Gasteiger partial charge in [0, 0.05) is 0 Å². The van der Waals surface area contributed by atoms with Crippen molar-refractivity contribution in [1.29, 1.82) is 5.26 Å². The van der Waals surface area contributed by atoms with Gasteiger partial charge in [0.2, 0.25) is 11.9 Å². The van der Waals surface area contributed by atoms with Crippen LogP contribution in [0.25, 0.3) is 11.0 Å². The molecule has 6 nitrogen and oxygen atoms in total. The van der Waals surface area contributed by atoms with Gasteiger partial charge in [-0.2, -0.15) is 5.26 Å². The molecule has 4 rings (SSSR count). The van der Waals surface area contributed by atoms with Crippen LogP contribution in [0.15, 0.2) is 48.5 Å². The maximum Gasteiger partial charge on any atom is 0.246 e. The van der Waals surface area contributed by atoms with E-state index in [9.17, 15) is 10.1 Å². The van der Waals surface area contributed by atoms with E-state index in [1.54, 1.807) is 7.11 Å². The molecule has 24 heavy (non-hydrogen) atoms. The predicted molar refractivity (Wildman–Crippen MR) is 88.6 cm³/mol. The number of carbonyl (C=O) groups excluding carboxylic acids is 1. The van der Waals surface area contributed by atoms with Crippen LogP contribution >= 0.6 is 0 Å². The van der Waals surface area contributed by atoms with E-state index in [2.05, 4.69) is 16.4 Å². The monoisotopic (exact) mass is 318 g/mol. The van der Waals surface area contributed by atoms with Gasteiger partial charge in [0.1, 0.15) is 5.75 Å². The lowest BCUT2D eigenvalue weighted by Crippen LogP contribution is -2.37. The molecule has 118 valence electrons. The number of nitrogens with zero attached hydrogens (tertiary/aromatic N) is 3. The minimum Gasteiger partial charge on any atom is -0.497 e. The Bertz CT molecular complexity index is 986. The van der Waals surface area contributed by atoms with Crippen LogP contribution in [0.5, 0.6) is 5.75 Å². The summed E-state index contributed by atoms with van der Waals surface area (Å²) in [5.74, 6) is -0.0444. The molecule has 1 N–H and O–H groups in total. The van der Waals surface area contributed by atoms with Crippen LogP contribution in [0.1, 0.15) is 11.6 Å². The molecular weight excluding hydrogens is 304 g/mol. The van der Waals surface area contributed by atoms with Crippen molar-refractivity contribution < 1.29 is 9.53 Å². The molecule has 3 aromatic rings. The number of hydrogen-bond donors (Lipinski definition) is 1. The van der Waals surface area contributed by atoms with Gasteiger partial charge in [-0.1, -0.05) is 24.3 Å². The van der Waals surface area contributed by atoms with Gasteiger partial charge >= 0.3 is 0 Å². The fourth-order valence-corrected chi connectivity index (χ4v) is 3.19. The van der Waals surface area contributed by atoms with Crippen molar-refractivity contribution in [3.05, 3.63) is 54.1 Å². The second-order valence-corrected chi connectivity index (χ2v) is 5.61. The summed E-state index contributed by atoms with van der Waals surface area (Å²) in [4.78, 5) is 16.9. The normalized spacial score (nSPS) is 19.4. The zero-order valence-electron chi connectivity index (χ0n) is 12.9. The number of aromatic nitrogens is 2. The van der Waals surface area contributed by atoms with Crippen molar-refractivity contribution >= 4 is 22.9 Å². The summed E-state index contributed by atoms with van der Waals surface area (Å²) >= 11 is 0. The van der Waals surface area contributed by atoms with Gasteiger partial charge in [0.25, 0.3) is 0 Å². The average molecular weight is 318 g/mol. The SMILES string of the molecule is COc1cccc([C@H]2[C@@H](C#N)C(=O)Nc3nc4ccccc4n32)c1. The molecule has 0 spiro atoms. The van der Waals surface area contributed by atoms with E-state index >= 15 is 0 Å². The van der Waals surface area contributed by atoms with Crippen LogP contribution in [0.3, 0.4) is 0 Å². The van der Waals surface area contributed by atoms with E-state index < -0.39 is 12.0 Å². The van der Waals surface area contributed by atoms with E-state index in [4.69, 9.17) is 4.74 Å². The Hall–Kier alpha value is -3.33. The molecule has 2 heterocycles. The Balaban J connectivity index is 1.99. The lowest BCUT2D eigenvalue weighted by atomic mass is 9.91. The van der Waals surface area contributed by atoms with Crippen LogP contribution in [0.2, 0.25) is 0 Å². The third-order valence-electron chi connectivity index (χ3n) is 4.28. The first kappa shape index (κ1) is 14.3. The van der Waals surface area contributed by atoms with Crippen molar-refractivity contribution in [3.8, 4) is 11.8 Å². The van der Waals surface area contributed by atoms with Crippen molar-refractivity contribution in [2.75, 3.05) is 12.4 Å². The number of benzene rings is 2. The molecule has 2 atom stereocenters. The topological polar surface area (TPSA) is 79.9 Å². The summed E-state index contributed by atoms with van der Waals surface area (Å²) in [5.41, 5.74) is 2.49. The van der Waals surface area contributed by atoms with Gasteiger partial charge < -0.3 is 9.30 Å². The highest BCUT2D eigenvalue weighted by Crippen LogP contribution is 2.38.